The van der Waals surface area contributed by atoms with Gasteiger partial charge in [-0.05, 0) is 68.1 Å². The third-order valence-electron chi connectivity index (χ3n) is 6.06. The summed E-state index contributed by atoms with van der Waals surface area (Å²) in [5.74, 6) is 0.828. The first-order valence-corrected chi connectivity index (χ1v) is 11.1. The predicted octanol–water partition coefficient (Wildman–Crippen LogP) is 1.63. The number of fused-ring (bicyclic) bond motifs is 1. The van der Waals surface area contributed by atoms with Gasteiger partial charge in [0.15, 0.2) is 0 Å². The molecule has 3 aliphatic rings. The van der Waals surface area contributed by atoms with E-state index in [0.717, 1.165) is 71.4 Å². The molecule has 2 atom stereocenters. The normalized spacial score (nSPS) is 25.1. The molecule has 28 heavy (non-hydrogen) atoms. The molecular weight excluding hydrogens is 396 g/mol. The third-order valence-corrected chi connectivity index (χ3v) is 7.09. The number of nitrogens with zero attached hydrogens (tertiary/aromatic N) is 2. The molecule has 0 spiro atoms. The Morgan fingerprint density at radius 1 is 1.25 bits per heavy atom. The van der Waals surface area contributed by atoms with Gasteiger partial charge in [0.2, 0.25) is 11.8 Å². The maximum absolute atomic E-state index is 12.8. The standard InChI is InChI=1S/C20H30N4O2S.ClH/c25-19(24-9-5-18-16(13-24)6-10-27-18)14-23-8-2-3-15(12-23)11-22-20(26)17-4-1-7-21-17;/h6,10,15,17,21H,1-5,7-9,11-14H2,(H,22,26);1H. The number of rotatable bonds is 5. The molecule has 2 amide bonds. The summed E-state index contributed by atoms with van der Waals surface area (Å²) in [5.41, 5.74) is 1.32. The van der Waals surface area contributed by atoms with Gasteiger partial charge in [-0.1, -0.05) is 0 Å². The summed E-state index contributed by atoms with van der Waals surface area (Å²) in [5, 5.41) is 8.49. The number of likely N-dealkylation sites (tertiary alicyclic amines) is 1. The summed E-state index contributed by atoms with van der Waals surface area (Å²) < 4.78 is 0. The summed E-state index contributed by atoms with van der Waals surface area (Å²) in [6.07, 6.45) is 5.25. The van der Waals surface area contributed by atoms with Crippen LogP contribution in [-0.4, -0.2) is 66.9 Å². The molecular formula is C20H31ClN4O2S. The molecule has 4 rings (SSSR count). The molecule has 0 aliphatic carbocycles. The SMILES string of the molecule is Cl.O=C(NCC1CCCN(CC(=O)N2CCc3sccc3C2)C1)C1CCCN1. The van der Waals surface area contributed by atoms with E-state index in [1.54, 1.807) is 11.3 Å². The smallest absolute Gasteiger partial charge is 0.237 e. The first-order chi connectivity index (χ1) is 13.2. The average molecular weight is 427 g/mol. The molecule has 156 valence electrons. The van der Waals surface area contributed by atoms with Gasteiger partial charge < -0.3 is 15.5 Å². The van der Waals surface area contributed by atoms with Crippen LogP contribution in [0.1, 0.15) is 36.1 Å². The van der Waals surface area contributed by atoms with Crippen LogP contribution in [0.25, 0.3) is 0 Å². The van der Waals surface area contributed by atoms with Gasteiger partial charge in [-0.15, -0.1) is 23.7 Å². The van der Waals surface area contributed by atoms with E-state index < -0.39 is 0 Å². The van der Waals surface area contributed by atoms with Crippen LogP contribution < -0.4 is 10.6 Å². The van der Waals surface area contributed by atoms with Crippen molar-refractivity contribution in [2.75, 3.05) is 39.3 Å². The number of hydrogen-bond donors (Lipinski definition) is 2. The quantitative estimate of drug-likeness (QED) is 0.751. The number of halogens is 1. The van der Waals surface area contributed by atoms with E-state index in [-0.39, 0.29) is 30.3 Å². The zero-order chi connectivity index (χ0) is 18.6. The Bertz CT molecular complexity index is 677. The van der Waals surface area contributed by atoms with Crippen LogP contribution in [0, 0.1) is 5.92 Å². The molecule has 2 fully saturated rings. The topological polar surface area (TPSA) is 64.7 Å². The second-order valence-electron chi connectivity index (χ2n) is 8.07. The minimum Gasteiger partial charge on any atom is -0.354 e. The molecule has 4 heterocycles. The van der Waals surface area contributed by atoms with E-state index >= 15 is 0 Å². The van der Waals surface area contributed by atoms with Crippen molar-refractivity contribution in [3.8, 4) is 0 Å². The Hall–Kier alpha value is -1.15. The number of thiophene rings is 1. The summed E-state index contributed by atoms with van der Waals surface area (Å²) in [6.45, 7) is 5.67. The molecule has 0 radical (unpaired) electrons. The van der Waals surface area contributed by atoms with Gasteiger partial charge in [-0.3, -0.25) is 14.5 Å². The highest BCUT2D eigenvalue weighted by Crippen LogP contribution is 2.24. The van der Waals surface area contributed by atoms with Crippen LogP contribution in [0.5, 0.6) is 0 Å². The van der Waals surface area contributed by atoms with E-state index in [4.69, 9.17) is 0 Å². The Kier molecular flexibility index (Phi) is 7.74. The Labute approximate surface area is 177 Å². The van der Waals surface area contributed by atoms with Gasteiger partial charge in [-0.2, -0.15) is 0 Å². The number of piperidine rings is 1. The average Bonchev–Trinajstić information content (AvgIpc) is 3.37. The number of nitrogens with one attached hydrogen (secondary N) is 2. The van der Waals surface area contributed by atoms with E-state index in [1.165, 1.54) is 10.4 Å². The summed E-state index contributed by atoms with van der Waals surface area (Å²) in [4.78, 5) is 30.7. The number of carbonyl (C=O) groups is 2. The molecule has 1 aromatic heterocycles. The van der Waals surface area contributed by atoms with Crippen molar-refractivity contribution in [1.82, 2.24) is 20.4 Å². The second-order valence-corrected chi connectivity index (χ2v) is 9.07. The van der Waals surface area contributed by atoms with Crippen molar-refractivity contribution in [2.45, 2.75) is 44.7 Å². The van der Waals surface area contributed by atoms with E-state index in [1.807, 2.05) is 4.90 Å². The lowest BCUT2D eigenvalue weighted by Gasteiger charge is -2.35. The van der Waals surface area contributed by atoms with Crippen molar-refractivity contribution in [1.29, 1.82) is 0 Å². The fourth-order valence-electron chi connectivity index (χ4n) is 4.49. The van der Waals surface area contributed by atoms with Crippen LogP contribution in [0.15, 0.2) is 11.4 Å². The van der Waals surface area contributed by atoms with Crippen molar-refractivity contribution in [3.63, 3.8) is 0 Å². The van der Waals surface area contributed by atoms with Crippen LogP contribution in [0.2, 0.25) is 0 Å². The first-order valence-electron chi connectivity index (χ1n) is 10.3. The first kappa shape index (κ1) is 21.6. The van der Waals surface area contributed by atoms with Gasteiger partial charge in [0.05, 0.1) is 12.6 Å². The Morgan fingerprint density at radius 3 is 2.96 bits per heavy atom. The molecule has 0 saturated carbocycles. The van der Waals surface area contributed by atoms with Crippen LogP contribution in [-0.2, 0) is 22.6 Å². The summed E-state index contributed by atoms with van der Waals surface area (Å²) in [6, 6.07) is 2.14. The molecule has 6 nitrogen and oxygen atoms in total. The second kappa shape index (κ2) is 10.1. The third kappa shape index (κ3) is 5.26. The fraction of sp³-hybridized carbons (Fsp3) is 0.700. The highest BCUT2D eigenvalue weighted by Gasteiger charge is 2.27. The van der Waals surface area contributed by atoms with Crippen molar-refractivity contribution in [3.05, 3.63) is 21.9 Å². The molecule has 3 aliphatic heterocycles. The minimum atomic E-state index is -0.00707. The van der Waals surface area contributed by atoms with Gasteiger partial charge in [0.1, 0.15) is 0 Å². The van der Waals surface area contributed by atoms with Gasteiger partial charge in [0, 0.05) is 31.1 Å². The molecule has 2 N–H and O–H groups in total. The monoisotopic (exact) mass is 426 g/mol. The molecule has 8 heteroatoms. The lowest BCUT2D eigenvalue weighted by atomic mass is 9.97. The molecule has 1 aromatic rings. The number of amides is 2. The van der Waals surface area contributed by atoms with Gasteiger partial charge in [0.25, 0.3) is 0 Å². The largest absolute Gasteiger partial charge is 0.354 e. The van der Waals surface area contributed by atoms with Gasteiger partial charge >= 0.3 is 0 Å². The van der Waals surface area contributed by atoms with E-state index in [0.29, 0.717) is 12.5 Å². The van der Waals surface area contributed by atoms with Crippen molar-refractivity contribution >= 4 is 35.6 Å². The maximum Gasteiger partial charge on any atom is 0.237 e. The lowest BCUT2D eigenvalue weighted by Crippen LogP contribution is -2.48. The minimum absolute atomic E-state index is 0. The van der Waals surface area contributed by atoms with Crippen LogP contribution in [0.3, 0.4) is 0 Å². The highest BCUT2D eigenvalue weighted by molar-refractivity contribution is 7.10. The molecule has 2 saturated heterocycles. The highest BCUT2D eigenvalue weighted by atomic mass is 35.5. The number of hydrogen-bond acceptors (Lipinski definition) is 5. The van der Waals surface area contributed by atoms with Crippen LogP contribution >= 0.6 is 23.7 Å². The fourth-order valence-corrected chi connectivity index (χ4v) is 5.38. The molecule has 0 aromatic carbocycles. The van der Waals surface area contributed by atoms with E-state index in [2.05, 4.69) is 27.0 Å². The summed E-state index contributed by atoms with van der Waals surface area (Å²) in [7, 11) is 0. The van der Waals surface area contributed by atoms with Crippen LogP contribution in [0.4, 0.5) is 0 Å². The zero-order valence-electron chi connectivity index (χ0n) is 16.3. The zero-order valence-corrected chi connectivity index (χ0v) is 18.0. The van der Waals surface area contributed by atoms with Crippen molar-refractivity contribution < 1.29 is 9.59 Å². The van der Waals surface area contributed by atoms with Gasteiger partial charge in [-0.25, -0.2) is 0 Å². The predicted molar refractivity (Wildman–Crippen MR) is 114 cm³/mol. The molecule has 0 bridgehead atoms. The Balaban J connectivity index is 0.00000225. The number of carbonyl (C=O) groups excluding carboxylic acids is 2. The van der Waals surface area contributed by atoms with E-state index in [9.17, 15) is 9.59 Å². The summed E-state index contributed by atoms with van der Waals surface area (Å²) >= 11 is 1.80. The van der Waals surface area contributed by atoms with Crippen molar-refractivity contribution in [2.24, 2.45) is 5.92 Å². The Morgan fingerprint density at radius 2 is 2.14 bits per heavy atom. The molecule has 2 unspecified atom stereocenters. The maximum atomic E-state index is 12.8. The lowest BCUT2D eigenvalue weighted by molar-refractivity contribution is -0.134.